The predicted octanol–water partition coefficient (Wildman–Crippen LogP) is 3.91. The zero-order chi connectivity index (χ0) is 30.6. The predicted molar refractivity (Wildman–Crippen MR) is 146 cm³/mol. The van der Waals surface area contributed by atoms with Crippen LogP contribution in [0.25, 0.3) is 0 Å². The maximum Gasteiger partial charge on any atom is 0.410 e. The van der Waals surface area contributed by atoms with Crippen LogP contribution in [0.3, 0.4) is 0 Å². The third-order valence-electron chi connectivity index (χ3n) is 8.06. The number of alkyl halides is 3. The Labute approximate surface area is 241 Å². The lowest BCUT2D eigenvalue weighted by molar-refractivity contribution is -0.150. The summed E-state index contributed by atoms with van der Waals surface area (Å²) in [7, 11) is 3.11. The number of ether oxygens (including phenoxy) is 1. The van der Waals surface area contributed by atoms with Crippen molar-refractivity contribution in [2.45, 2.75) is 63.3 Å². The van der Waals surface area contributed by atoms with Crippen LogP contribution in [-0.4, -0.2) is 78.8 Å². The van der Waals surface area contributed by atoms with Gasteiger partial charge in [0.05, 0.1) is 31.4 Å². The number of carbonyl (C=O) groups is 3. The van der Waals surface area contributed by atoms with E-state index in [-0.39, 0.29) is 24.5 Å². The molecule has 11 nitrogen and oxygen atoms in total. The fraction of sp³-hybridized carbons (Fsp3) is 0.607. The Hall–Kier alpha value is -3.68. The molecular formula is C28H37F3N6O5. The lowest BCUT2D eigenvalue weighted by atomic mass is 9.95. The maximum atomic E-state index is 12.8. The van der Waals surface area contributed by atoms with E-state index in [9.17, 15) is 27.6 Å². The van der Waals surface area contributed by atoms with E-state index in [2.05, 4.69) is 20.8 Å². The number of amides is 3. The van der Waals surface area contributed by atoms with E-state index in [1.54, 1.807) is 19.2 Å². The zero-order valence-electron chi connectivity index (χ0n) is 24.0. The lowest BCUT2D eigenvalue weighted by Gasteiger charge is -2.27. The number of hydrogen-bond donors (Lipinski definition) is 3. The third-order valence-corrected chi connectivity index (χ3v) is 8.06. The molecule has 1 saturated heterocycles. The van der Waals surface area contributed by atoms with Gasteiger partial charge in [-0.1, -0.05) is 19.0 Å². The first kappa shape index (κ1) is 31.3. The second-order valence-corrected chi connectivity index (χ2v) is 11.3. The summed E-state index contributed by atoms with van der Waals surface area (Å²) in [6, 6.07) is -0.300. The number of aldehydes is 1. The summed E-state index contributed by atoms with van der Waals surface area (Å²) in [6.07, 6.45) is 2.78. The van der Waals surface area contributed by atoms with Gasteiger partial charge in [-0.05, 0) is 54.7 Å². The number of anilines is 1. The van der Waals surface area contributed by atoms with E-state index < -0.39 is 30.8 Å². The van der Waals surface area contributed by atoms with Gasteiger partial charge in [0.1, 0.15) is 23.7 Å². The van der Waals surface area contributed by atoms with E-state index in [1.165, 1.54) is 25.9 Å². The van der Waals surface area contributed by atoms with Gasteiger partial charge in [0.25, 0.3) is 5.91 Å². The highest BCUT2D eigenvalue weighted by Crippen LogP contribution is 2.55. The lowest BCUT2D eigenvalue weighted by Crippen LogP contribution is -2.41. The van der Waals surface area contributed by atoms with Gasteiger partial charge in [-0.25, -0.2) is 9.78 Å². The van der Waals surface area contributed by atoms with Gasteiger partial charge in [-0.15, -0.1) is 0 Å². The number of aromatic nitrogens is 2. The molecular weight excluding hydrogens is 557 g/mol. The highest BCUT2D eigenvalue weighted by atomic mass is 19.4. The summed E-state index contributed by atoms with van der Waals surface area (Å²) >= 11 is 0. The number of urea groups is 1. The summed E-state index contributed by atoms with van der Waals surface area (Å²) in [5, 5.41) is 11.3. The fourth-order valence-corrected chi connectivity index (χ4v) is 5.71. The molecule has 42 heavy (non-hydrogen) atoms. The van der Waals surface area contributed by atoms with E-state index >= 15 is 0 Å². The normalized spacial score (nSPS) is 24.3. The molecule has 1 aliphatic heterocycles. The molecule has 2 aromatic rings. The maximum absolute atomic E-state index is 12.8. The minimum atomic E-state index is -4.48. The molecule has 0 bridgehead atoms. The Kier molecular flexibility index (Phi) is 9.74. The van der Waals surface area contributed by atoms with Crippen LogP contribution in [0.15, 0.2) is 29.0 Å². The molecule has 3 unspecified atom stereocenters. The zero-order valence-corrected chi connectivity index (χ0v) is 24.0. The molecule has 0 aromatic carbocycles. The molecule has 0 radical (unpaired) electrons. The van der Waals surface area contributed by atoms with Crippen molar-refractivity contribution < 1.29 is 36.8 Å². The Morgan fingerprint density at radius 3 is 2.57 bits per heavy atom. The Morgan fingerprint density at radius 1 is 1.29 bits per heavy atom. The van der Waals surface area contributed by atoms with Crippen LogP contribution in [0.2, 0.25) is 0 Å². The SMILES string of the molecule is CC(C)c1oncc1C(=O)N[C@H](C=O)C1C[C@@H]2C[C@@H]2C1.CNc1cc(C(COC)N2CC(C(F)(F)F)NC2=O)ccn1. The van der Waals surface area contributed by atoms with E-state index in [0.717, 1.165) is 35.9 Å². The number of pyridine rings is 1. The van der Waals surface area contributed by atoms with Crippen molar-refractivity contribution in [2.75, 3.05) is 32.6 Å². The molecule has 2 saturated carbocycles. The number of nitrogens with one attached hydrogen (secondary N) is 3. The molecule has 2 aliphatic carbocycles. The molecule has 6 atom stereocenters. The number of nitrogens with zero attached hydrogens (tertiary/aromatic N) is 3. The molecule has 0 spiro atoms. The second kappa shape index (κ2) is 13.1. The van der Waals surface area contributed by atoms with Crippen LogP contribution < -0.4 is 16.0 Å². The van der Waals surface area contributed by atoms with Crippen LogP contribution in [0.4, 0.5) is 23.8 Å². The van der Waals surface area contributed by atoms with E-state index in [0.29, 0.717) is 28.6 Å². The monoisotopic (exact) mass is 594 g/mol. The molecule has 3 amide bonds. The van der Waals surface area contributed by atoms with Crippen molar-refractivity contribution in [1.29, 1.82) is 0 Å². The molecule has 5 rings (SSSR count). The number of carbonyl (C=O) groups excluding carboxylic acids is 3. The number of fused-ring (bicyclic) bond motifs is 1. The first-order chi connectivity index (χ1) is 20.0. The summed E-state index contributed by atoms with van der Waals surface area (Å²) in [4.78, 5) is 40.7. The average molecular weight is 595 g/mol. The summed E-state index contributed by atoms with van der Waals surface area (Å²) < 4.78 is 48.5. The van der Waals surface area contributed by atoms with Crippen molar-refractivity contribution in [2.24, 2.45) is 17.8 Å². The quantitative estimate of drug-likeness (QED) is 0.352. The van der Waals surface area contributed by atoms with Crippen LogP contribution in [0, 0.1) is 17.8 Å². The van der Waals surface area contributed by atoms with Crippen LogP contribution >= 0.6 is 0 Å². The topological polar surface area (TPSA) is 139 Å². The van der Waals surface area contributed by atoms with Gasteiger partial charge in [0, 0.05) is 26.3 Å². The molecule has 3 aliphatic rings. The fourth-order valence-electron chi connectivity index (χ4n) is 5.71. The Balaban J connectivity index is 0.000000193. The minimum Gasteiger partial charge on any atom is -0.382 e. The summed E-state index contributed by atoms with van der Waals surface area (Å²) in [5.74, 6) is 2.84. The van der Waals surface area contributed by atoms with Gasteiger partial charge in [-0.3, -0.25) is 4.79 Å². The largest absolute Gasteiger partial charge is 0.410 e. The van der Waals surface area contributed by atoms with Crippen molar-refractivity contribution in [3.63, 3.8) is 0 Å². The number of rotatable bonds is 10. The number of halogens is 3. The first-order valence-corrected chi connectivity index (χ1v) is 13.9. The van der Waals surface area contributed by atoms with Gasteiger partial charge in [0.2, 0.25) is 0 Å². The molecule has 230 valence electrons. The Morgan fingerprint density at radius 2 is 2.00 bits per heavy atom. The molecule has 14 heteroatoms. The Bertz CT molecular complexity index is 1240. The summed E-state index contributed by atoms with van der Waals surface area (Å²) in [5.41, 5.74) is 1.09. The van der Waals surface area contributed by atoms with Gasteiger partial charge in [0.15, 0.2) is 5.76 Å². The van der Waals surface area contributed by atoms with Crippen molar-refractivity contribution in [3.8, 4) is 0 Å². The van der Waals surface area contributed by atoms with Gasteiger partial charge in [-0.2, -0.15) is 13.2 Å². The average Bonchev–Trinajstić information content (AvgIpc) is 3.33. The van der Waals surface area contributed by atoms with Gasteiger partial charge >= 0.3 is 12.2 Å². The van der Waals surface area contributed by atoms with Crippen molar-refractivity contribution >= 4 is 24.0 Å². The van der Waals surface area contributed by atoms with Crippen molar-refractivity contribution in [1.82, 2.24) is 25.7 Å². The van der Waals surface area contributed by atoms with Crippen LogP contribution in [0.1, 0.15) is 66.8 Å². The van der Waals surface area contributed by atoms with E-state index in [1.807, 2.05) is 19.2 Å². The smallest absolute Gasteiger partial charge is 0.382 e. The minimum absolute atomic E-state index is 0.0885. The highest BCUT2D eigenvalue weighted by molar-refractivity contribution is 5.96. The highest BCUT2D eigenvalue weighted by Gasteiger charge is 2.49. The standard InChI is InChI=1S/C15H20N2O3.C13H17F3N4O2/c1-8(2)14-12(6-16-20-14)15(19)17-13(7-18)11-4-9-3-10(9)5-11;1-17-11-5-8(3-4-18-11)9(7-22-2)20-6-10(13(14,15)16)19-12(20)21/h6-11,13H,3-5H2,1-2H3,(H,17,19);3-5,9-10H,6-7H2,1-2H3,(H,17,18)(H,19,21)/t9-,10+,11?,13-;/m1./s1. The number of hydrogen-bond acceptors (Lipinski definition) is 8. The molecule has 3 N–H and O–H groups in total. The van der Waals surface area contributed by atoms with Gasteiger partial charge < -0.3 is 34.9 Å². The third kappa shape index (κ3) is 7.20. The van der Waals surface area contributed by atoms with Crippen LogP contribution in [-0.2, 0) is 9.53 Å². The molecule has 3 heterocycles. The first-order valence-electron chi connectivity index (χ1n) is 13.9. The van der Waals surface area contributed by atoms with E-state index in [4.69, 9.17) is 9.26 Å². The summed E-state index contributed by atoms with van der Waals surface area (Å²) in [6.45, 7) is 3.52. The van der Waals surface area contributed by atoms with Crippen LogP contribution in [0.5, 0.6) is 0 Å². The number of methoxy groups -OCH3 is 1. The molecule has 3 fully saturated rings. The second-order valence-electron chi connectivity index (χ2n) is 11.3. The molecule has 2 aromatic heterocycles. The van der Waals surface area contributed by atoms with Crippen molar-refractivity contribution in [3.05, 3.63) is 41.4 Å².